The summed E-state index contributed by atoms with van der Waals surface area (Å²) in [6.45, 7) is 0. The number of hydrogen-bond donors (Lipinski definition) is 3. The van der Waals surface area contributed by atoms with Gasteiger partial charge in [-0.25, -0.2) is 0 Å². The second-order valence-electron chi connectivity index (χ2n) is 9.65. The van der Waals surface area contributed by atoms with E-state index in [1.54, 1.807) is 91.0 Å². The number of amides is 3. The average Bonchev–Trinajstić information content (AvgIpc) is 3.07. The van der Waals surface area contributed by atoms with Gasteiger partial charge in [-0.1, -0.05) is 66.2 Å². The highest BCUT2D eigenvalue weighted by Crippen LogP contribution is 2.24. The third-order valence-electron chi connectivity index (χ3n) is 6.33. The van der Waals surface area contributed by atoms with E-state index in [2.05, 4.69) is 16.0 Å². The van der Waals surface area contributed by atoms with Crippen molar-refractivity contribution in [3.8, 4) is 11.5 Å². The maximum absolute atomic E-state index is 13.3. The first-order valence-corrected chi connectivity index (χ1v) is 15.3. The summed E-state index contributed by atoms with van der Waals surface area (Å²) in [6, 6.07) is 39.4. The number of carbonyl (C=O) groups excluding carboxylic acids is 3. The van der Waals surface area contributed by atoms with Gasteiger partial charge in [-0.2, -0.15) is 0 Å². The molecule has 0 saturated carbocycles. The third-order valence-corrected chi connectivity index (χ3v) is 7.69. The second-order valence-corrected chi connectivity index (χ2v) is 11.1. The molecule has 0 bridgehead atoms. The summed E-state index contributed by atoms with van der Waals surface area (Å²) in [5.41, 5.74) is 2.21. The summed E-state index contributed by atoms with van der Waals surface area (Å²) >= 11 is 7.67. The first-order chi connectivity index (χ1) is 21.9. The summed E-state index contributed by atoms with van der Waals surface area (Å²) < 4.78 is 5.79. The van der Waals surface area contributed by atoms with Gasteiger partial charge in [0.2, 0.25) is 5.91 Å². The molecule has 0 aliphatic carbocycles. The largest absolute Gasteiger partial charge is 0.457 e. The molecule has 0 aliphatic rings. The second kappa shape index (κ2) is 15.4. The van der Waals surface area contributed by atoms with E-state index in [0.29, 0.717) is 33.3 Å². The Labute approximate surface area is 270 Å². The van der Waals surface area contributed by atoms with Crippen LogP contribution in [0.3, 0.4) is 0 Å². The lowest BCUT2D eigenvalue weighted by Crippen LogP contribution is -2.30. The van der Waals surface area contributed by atoms with Crippen LogP contribution in [0.5, 0.6) is 11.5 Å². The topological polar surface area (TPSA) is 96.5 Å². The van der Waals surface area contributed by atoms with Crippen molar-refractivity contribution < 1.29 is 19.1 Å². The summed E-state index contributed by atoms with van der Waals surface area (Å²) in [4.78, 5) is 39.5. The number of benzene rings is 5. The normalized spacial score (nSPS) is 10.9. The molecule has 9 heteroatoms. The molecule has 0 fully saturated rings. The molecular weight excluding hydrogens is 606 g/mol. The highest BCUT2D eigenvalue weighted by molar-refractivity contribution is 8.00. The van der Waals surface area contributed by atoms with E-state index >= 15 is 0 Å². The van der Waals surface area contributed by atoms with Crippen LogP contribution in [0, 0.1) is 0 Å². The van der Waals surface area contributed by atoms with Crippen LogP contribution in [0.4, 0.5) is 11.4 Å². The lowest BCUT2D eigenvalue weighted by Gasteiger charge is -2.12. The fraction of sp³-hybridized carbons (Fsp3) is 0.0278. The Hall–Kier alpha value is -5.31. The number of carbonyl (C=O) groups is 3. The van der Waals surface area contributed by atoms with Crippen LogP contribution >= 0.6 is 23.4 Å². The Morgan fingerprint density at radius 2 is 1.24 bits per heavy atom. The highest BCUT2D eigenvalue weighted by Gasteiger charge is 2.16. The van der Waals surface area contributed by atoms with Gasteiger partial charge < -0.3 is 20.7 Å². The van der Waals surface area contributed by atoms with E-state index < -0.39 is 11.8 Å². The minimum Gasteiger partial charge on any atom is -0.457 e. The first kappa shape index (κ1) is 31.1. The molecule has 5 aromatic carbocycles. The molecule has 0 unspecified atom stereocenters. The van der Waals surface area contributed by atoms with Crippen molar-refractivity contribution in [3.63, 3.8) is 0 Å². The molecule has 224 valence electrons. The number of ether oxygens (including phenoxy) is 1. The van der Waals surface area contributed by atoms with E-state index in [1.165, 1.54) is 17.8 Å². The zero-order chi connectivity index (χ0) is 31.4. The summed E-state index contributed by atoms with van der Waals surface area (Å²) in [5.74, 6) is 0.512. The Morgan fingerprint density at radius 1 is 0.667 bits per heavy atom. The highest BCUT2D eigenvalue weighted by atomic mass is 35.5. The van der Waals surface area contributed by atoms with Crippen molar-refractivity contribution in [2.45, 2.75) is 4.90 Å². The van der Waals surface area contributed by atoms with Gasteiger partial charge in [0.15, 0.2) is 0 Å². The first-order valence-electron chi connectivity index (χ1n) is 13.9. The molecule has 5 rings (SSSR count). The van der Waals surface area contributed by atoms with Gasteiger partial charge in [-0.15, -0.1) is 11.8 Å². The van der Waals surface area contributed by atoms with E-state index in [1.807, 2.05) is 42.5 Å². The van der Waals surface area contributed by atoms with Crippen LogP contribution in [-0.2, 0) is 9.59 Å². The van der Waals surface area contributed by atoms with E-state index in [0.717, 1.165) is 10.6 Å². The summed E-state index contributed by atoms with van der Waals surface area (Å²) in [6.07, 6.45) is 1.53. The van der Waals surface area contributed by atoms with Crippen LogP contribution in [0.25, 0.3) is 6.08 Å². The van der Waals surface area contributed by atoms with Crippen LogP contribution in [-0.4, -0.2) is 23.5 Å². The van der Waals surface area contributed by atoms with Crippen LogP contribution in [0.1, 0.15) is 15.9 Å². The number of rotatable bonds is 11. The predicted molar refractivity (Wildman–Crippen MR) is 181 cm³/mol. The molecule has 0 spiro atoms. The molecule has 5 aromatic rings. The van der Waals surface area contributed by atoms with Gasteiger partial charge in [0.25, 0.3) is 11.8 Å². The molecule has 3 amide bonds. The Morgan fingerprint density at radius 3 is 1.93 bits per heavy atom. The number of nitrogens with one attached hydrogen (secondary N) is 3. The van der Waals surface area contributed by atoms with Crippen LogP contribution in [0.2, 0.25) is 5.02 Å². The minimum absolute atomic E-state index is 0.0340. The predicted octanol–water partition coefficient (Wildman–Crippen LogP) is 8.27. The molecule has 0 atom stereocenters. The quantitative estimate of drug-likeness (QED) is 0.100. The van der Waals surface area contributed by atoms with Crippen molar-refractivity contribution in [1.82, 2.24) is 5.32 Å². The van der Waals surface area contributed by atoms with Gasteiger partial charge in [-0.3, -0.25) is 14.4 Å². The number of para-hydroxylation sites is 1. The minimum atomic E-state index is -0.515. The fourth-order valence-corrected chi connectivity index (χ4v) is 4.99. The van der Waals surface area contributed by atoms with E-state index in [-0.39, 0.29) is 17.4 Å². The van der Waals surface area contributed by atoms with Crippen LogP contribution in [0.15, 0.2) is 144 Å². The molecule has 3 N–H and O–H groups in total. The van der Waals surface area contributed by atoms with Crippen molar-refractivity contribution in [2.24, 2.45) is 0 Å². The maximum Gasteiger partial charge on any atom is 0.272 e. The van der Waals surface area contributed by atoms with Crippen molar-refractivity contribution >= 4 is 58.5 Å². The standard InChI is InChI=1S/C36H28ClN3O4S/c37-32-14-8-7-11-26(32)23-33(40-35(42)25-9-3-1-4-10-25)36(43)39-28-17-21-31(22-18-28)45-24-34(41)38-27-15-19-30(20-16-27)44-29-12-5-2-6-13-29/h1-23H,24H2,(H,38,41)(H,39,43)(H,40,42)/b33-23-. The van der Waals surface area contributed by atoms with Crippen LogP contribution < -0.4 is 20.7 Å². The Bertz CT molecular complexity index is 1800. The zero-order valence-electron chi connectivity index (χ0n) is 23.9. The maximum atomic E-state index is 13.3. The molecular formula is C36H28ClN3O4S. The average molecular weight is 634 g/mol. The lowest BCUT2D eigenvalue weighted by atomic mass is 10.1. The SMILES string of the molecule is O=C(CSc1ccc(NC(=O)/C(=C/c2ccccc2Cl)NC(=O)c2ccccc2)cc1)Nc1ccc(Oc2ccccc2)cc1. The number of halogens is 1. The van der Waals surface area contributed by atoms with Crippen molar-refractivity contribution in [3.05, 3.63) is 155 Å². The van der Waals surface area contributed by atoms with Gasteiger partial charge in [-0.05, 0) is 90.5 Å². The molecule has 0 saturated heterocycles. The van der Waals surface area contributed by atoms with Gasteiger partial charge >= 0.3 is 0 Å². The van der Waals surface area contributed by atoms with Crippen molar-refractivity contribution in [1.29, 1.82) is 0 Å². The monoisotopic (exact) mass is 633 g/mol. The molecule has 0 aliphatic heterocycles. The lowest BCUT2D eigenvalue weighted by molar-refractivity contribution is -0.114. The Kier molecular flexibility index (Phi) is 10.7. The number of anilines is 2. The molecule has 0 aromatic heterocycles. The molecule has 7 nitrogen and oxygen atoms in total. The smallest absolute Gasteiger partial charge is 0.272 e. The van der Waals surface area contributed by atoms with E-state index in [4.69, 9.17) is 16.3 Å². The zero-order valence-corrected chi connectivity index (χ0v) is 25.5. The molecule has 0 heterocycles. The van der Waals surface area contributed by atoms with Gasteiger partial charge in [0.05, 0.1) is 5.75 Å². The number of thioether (sulfide) groups is 1. The number of hydrogen-bond acceptors (Lipinski definition) is 5. The molecule has 45 heavy (non-hydrogen) atoms. The summed E-state index contributed by atoms with van der Waals surface area (Å²) in [5, 5.41) is 8.84. The summed E-state index contributed by atoms with van der Waals surface area (Å²) in [7, 11) is 0. The van der Waals surface area contributed by atoms with E-state index in [9.17, 15) is 14.4 Å². The van der Waals surface area contributed by atoms with Gasteiger partial charge in [0.1, 0.15) is 17.2 Å². The van der Waals surface area contributed by atoms with Crippen molar-refractivity contribution in [2.75, 3.05) is 16.4 Å². The third kappa shape index (κ3) is 9.34. The van der Waals surface area contributed by atoms with Gasteiger partial charge in [0, 0.05) is 26.9 Å². The Balaban J connectivity index is 1.16. The molecule has 0 radical (unpaired) electrons. The fourth-order valence-electron chi connectivity index (χ4n) is 4.10.